The molecule has 1 amide bonds. The summed E-state index contributed by atoms with van der Waals surface area (Å²) in [4.78, 5) is 25.2. The molecule has 5 heteroatoms. The Hall–Kier alpha value is -2.95. The highest BCUT2D eigenvalue weighted by molar-refractivity contribution is 6.43. The first kappa shape index (κ1) is 16.9. The summed E-state index contributed by atoms with van der Waals surface area (Å²) < 4.78 is 14.9. The van der Waals surface area contributed by atoms with Gasteiger partial charge in [-0.3, -0.25) is 9.59 Å². The van der Waals surface area contributed by atoms with E-state index >= 15 is 0 Å². The van der Waals surface area contributed by atoms with Crippen LogP contribution in [0.15, 0.2) is 54.7 Å². The minimum Gasteiger partial charge on any atom is -0.347 e. The first-order chi connectivity index (χ1) is 12.0. The topological polar surface area (TPSA) is 50.6 Å². The smallest absolute Gasteiger partial charge is 0.294 e. The Morgan fingerprint density at radius 3 is 2.56 bits per heavy atom. The second kappa shape index (κ2) is 6.89. The molecule has 0 aliphatic carbocycles. The fourth-order valence-corrected chi connectivity index (χ4v) is 2.70. The number of nitrogens with one attached hydrogen (secondary N) is 1. The highest BCUT2D eigenvalue weighted by Gasteiger charge is 2.25. The summed E-state index contributed by atoms with van der Waals surface area (Å²) in [5.74, 6) is -1.60. The van der Waals surface area contributed by atoms with Crippen molar-refractivity contribution >= 4 is 17.2 Å². The quantitative estimate of drug-likeness (QED) is 0.567. The lowest BCUT2D eigenvalue weighted by molar-refractivity contribution is -0.117. The van der Waals surface area contributed by atoms with Gasteiger partial charge >= 0.3 is 0 Å². The Morgan fingerprint density at radius 2 is 1.88 bits per heavy atom. The maximum Gasteiger partial charge on any atom is 0.294 e. The van der Waals surface area contributed by atoms with Crippen LogP contribution in [0.4, 0.5) is 4.39 Å². The highest BCUT2D eigenvalue weighted by Crippen LogP contribution is 2.28. The molecule has 0 saturated heterocycles. The minimum absolute atomic E-state index is 0.0862. The van der Waals surface area contributed by atoms with Crippen molar-refractivity contribution in [3.05, 3.63) is 66.2 Å². The lowest BCUT2D eigenvalue weighted by Gasteiger charge is -2.11. The van der Waals surface area contributed by atoms with Crippen LogP contribution in [-0.4, -0.2) is 22.1 Å². The highest BCUT2D eigenvalue weighted by atomic mass is 19.1. The van der Waals surface area contributed by atoms with E-state index in [0.29, 0.717) is 11.1 Å². The first-order valence-corrected chi connectivity index (χ1v) is 8.22. The molecule has 3 rings (SSSR count). The number of hydrogen-bond acceptors (Lipinski definition) is 2. The molecule has 2 heterocycles. The average molecular weight is 338 g/mol. The van der Waals surface area contributed by atoms with Crippen molar-refractivity contribution in [1.29, 1.82) is 0 Å². The van der Waals surface area contributed by atoms with Crippen LogP contribution in [0.1, 0.15) is 30.8 Å². The molecular weight excluding hydrogens is 319 g/mol. The number of pyridine rings is 1. The largest absolute Gasteiger partial charge is 0.347 e. The molecule has 0 radical (unpaired) electrons. The van der Waals surface area contributed by atoms with E-state index in [1.54, 1.807) is 28.8 Å². The second-order valence-electron chi connectivity index (χ2n) is 6.02. The molecule has 0 spiro atoms. The Bertz CT molecular complexity index is 929. The van der Waals surface area contributed by atoms with Crippen molar-refractivity contribution in [2.24, 2.45) is 0 Å². The Balaban J connectivity index is 2.12. The van der Waals surface area contributed by atoms with Gasteiger partial charge in [-0.1, -0.05) is 25.1 Å². The maximum absolute atomic E-state index is 13.2. The number of carbonyl (C=O) groups excluding carboxylic acids is 2. The van der Waals surface area contributed by atoms with Gasteiger partial charge in [0.15, 0.2) is 0 Å². The van der Waals surface area contributed by atoms with E-state index < -0.39 is 11.7 Å². The fraction of sp³-hybridized carbons (Fsp3) is 0.200. The number of ketones is 1. The molecule has 0 fully saturated rings. The molecule has 3 aromatic rings. The van der Waals surface area contributed by atoms with Gasteiger partial charge in [0.05, 0.1) is 0 Å². The summed E-state index contributed by atoms with van der Waals surface area (Å²) in [6.45, 7) is 3.79. The fourth-order valence-electron chi connectivity index (χ4n) is 2.70. The van der Waals surface area contributed by atoms with E-state index in [9.17, 15) is 14.0 Å². The monoisotopic (exact) mass is 338 g/mol. The number of rotatable bonds is 5. The molecule has 1 aromatic carbocycles. The molecule has 0 aliphatic rings. The van der Waals surface area contributed by atoms with E-state index in [1.807, 2.05) is 32.0 Å². The van der Waals surface area contributed by atoms with Crippen molar-refractivity contribution in [2.75, 3.05) is 0 Å². The number of amides is 1. The standard InChI is InChI=1S/C20H19FN2O2/c1-3-13(2)22-20(25)19(24)18-17(14-7-9-15(21)10-8-14)12-16-6-4-5-11-23(16)18/h4-13H,3H2,1-2H3,(H,22,25)/t13-/m0/s1. The van der Waals surface area contributed by atoms with Crippen molar-refractivity contribution in [2.45, 2.75) is 26.3 Å². The zero-order valence-corrected chi connectivity index (χ0v) is 14.1. The third-order valence-corrected chi connectivity index (χ3v) is 4.25. The molecular formula is C20H19FN2O2. The molecule has 128 valence electrons. The molecule has 2 aromatic heterocycles. The SMILES string of the molecule is CC[C@H](C)NC(=O)C(=O)c1c(-c2ccc(F)cc2)cc2ccccn12. The Kier molecular flexibility index (Phi) is 4.65. The molecule has 0 unspecified atom stereocenters. The van der Waals surface area contributed by atoms with Gasteiger partial charge in [0, 0.05) is 23.3 Å². The summed E-state index contributed by atoms with van der Waals surface area (Å²) in [6, 6.07) is 13.1. The van der Waals surface area contributed by atoms with Crippen molar-refractivity contribution in [3.63, 3.8) is 0 Å². The zero-order chi connectivity index (χ0) is 18.0. The number of Topliss-reactive ketones (excluding diaryl/α,β-unsaturated/α-hetero) is 1. The van der Waals surface area contributed by atoms with Crippen molar-refractivity contribution in [3.8, 4) is 11.1 Å². The summed E-state index contributed by atoms with van der Waals surface area (Å²) in [6.07, 6.45) is 2.48. The van der Waals surface area contributed by atoms with Crippen LogP contribution in [-0.2, 0) is 4.79 Å². The van der Waals surface area contributed by atoms with E-state index in [1.165, 1.54) is 12.1 Å². The number of benzene rings is 1. The number of nitrogens with zero attached hydrogens (tertiary/aromatic N) is 1. The predicted octanol–water partition coefficient (Wildman–Crippen LogP) is 3.84. The average Bonchev–Trinajstić information content (AvgIpc) is 3.00. The van der Waals surface area contributed by atoms with Gasteiger partial charge in [-0.25, -0.2) is 4.39 Å². The van der Waals surface area contributed by atoms with E-state index in [4.69, 9.17) is 0 Å². The van der Waals surface area contributed by atoms with Crippen LogP contribution >= 0.6 is 0 Å². The second-order valence-corrected chi connectivity index (χ2v) is 6.02. The molecule has 4 nitrogen and oxygen atoms in total. The van der Waals surface area contributed by atoms with Crippen LogP contribution in [0, 0.1) is 5.82 Å². The third kappa shape index (κ3) is 3.31. The first-order valence-electron chi connectivity index (χ1n) is 8.22. The van der Waals surface area contributed by atoms with Crippen molar-refractivity contribution in [1.82, 2.24) is 9.72 Å². The summed E-state index contributed by atoms with van der Waals surface area (Å²) in [7, 11) is 0. The molecule has 0 saturated carbocycles. The molecule has 0 bridgehead atoms. The molecule has 0 aliphatic heterocycles. The number of carbonyl (C=O) groups is 2. The number of hydrogen-bond donors (Lipinski definition) is 1. The van der Waals surface area contributed by atoms with Gasteiger partial charge in [-0.05, 0) is 49.2 Å². The number of aromatic nitrogens is 1. The maximum atomic E-state index is 13.2. The minimum atomic E-state index is -0.637. The summed E-state index contributed by atoms with van der Waals surface area (Å²) in [5, 5.41) is 2.71. The normalized spacial score (nSPS) is 12.1. The lowest BCUT2D eigenvalue weighted by atomic mass is 10.0. The van der Waals surface area contributed by atoms with Gasteiger partial charge in [-0.15, -0.1) is 0 Å². The van der Waals surface area contributed by atoms with Gasteiger partial charge in [-0.2, -0.15) is 0 Å². The zero-order valence-electron chi connectivity index (χ0n) is 14.1. The molecule has 1 atom stereocenters. The Morgan fingerprint density at radius 1 is 1.16 bits per heavy atom. The Labute approximate surface area is 145 Å². The van der Waals surface area contributed by atoms with Crippen LogP contribution in [0.3, 0.4) is 0 Å². The van der Waals surface area contributed by atoms with Gasteiger partial charge in [0.1, 0.15) is 11.5 Å². The van der Waals surface area contributed by atoms with Gasteiger partial charge in [0.2, 0.25) is 0 Å². The van der Waals surface area contributed by atoms with E-state index in [-0.39, 0.29) is 17.6 Å². The van der Waals surface area contributed by atoms with Gasteiger partial charge < -0.3 is 9.72 Å². The van der Waals surface area contributed by atoms with Crippen LogP contribution in [0.5, 0.6) is 0 Å². The van der Waals surface area contributed by atoms with Crippen LogP contribution in [0.2, 0.25) is 0 Å². The summed E-state index contributed by atoms with van der Waals surface area (Å²) >= 11 is 0. The predicted molar refractivity (Wildman–Crippen MR) is 95.0 cm³/mol. The van der Waals surface area contributed by atoms with Crippen LogP contribution in [0.25, 0.3) is 16.6 Å². The third-order valence-electron chi connectivity index (χ3n) is 4.25. The van der Waals surface area contributed by atoms with E-state index in [2.05, 4.69) is 5.32 Å². The number of halogens is 1. The molecule has 25 heavy (non-hydrogen) atoms. The van der Waals surface area contributed by atoms with E-state index in [0.717, 1.165) is 11.9 Å². The van der Waals surface area contributed by atoms with Crippen LogP contribution < -0.4 is 5.32 Å². The molecule has 1 N–H and O–H groups in total. The summed E-state index contributed by atoms with van der Waals surface area (Å²) in [5.41, 5.74) is 2.37. The van der Waals surface area contributed by atoms with Crippen molar-refractivity contribution < 1.29 is 14.0 Å². The lowest BCUT2D eigenvalue weighted by Crippen LogP contribution is -2.37. The number of fused-ring (bicyclic) bond motifs is 1. The van der Waals surface area contributed by atoms with Gasteiger partial charge in [0.25, 0.3) is 11.7 Å².